The molecule has 0 spiro atoms. The lowest BCUT2D eigenvalue weighted by Gasteiger charge is -2.20. The molecular formula is C28H35Cl3N8O2. The summed E-state index contributed by atoms with van der Waals surface area (Å²) in [6.45, 7) is 7.56. The molecule has 4 aromatic rings. The van der Waals surface area contributed by atoms with Gasteiger partial charge in [0.05, 0.1) is 28.8 Å². The third-order valence-electron chi connectivity index (χ3n) is 5.80. The smallest absolute Gasteiger partial charge is 0.240 e. The lowest BCUT2D eigenvalue weighted by Crippen LogP contribution is -2.40. The fraction of sp³-hybridized carbons (Fsp3) is 0.357. The Kier molecular flexibility index (Phi) is 13.4. The maximum Gasteiger partial charge on any atom is 0.240 e. The molecule has 0 saturated carbocycles. The summed E-state index contributed by atoms with van der Waals surface area (Å²) in [5, 5.41) is 5.27. The number of primary amides is 2. The van der Waals surface area contributed by atoms with Crippen LogP contribution in [-0.4, -0.2) is 43.8 Å². The van der Waals surface area contributed by atoms with Gasteiger partial charge in [0.1, 0.15) is 28.7 Å². The Labute approximate surface area is 254 Å². The van der Waals surface area contributed by atoms with Gasteiger partial charge in [-0.2, -0.15) is 0 Å². The van der Waals surface area contributed by atoms with Crippen molar-refractivity contribution in [3.05, 3.63) is 65.3 Å². The Morgan fingerprint density at radius 3 is 1.68 bits per heavy atom. The van der Waals surface area contributed by atoms with Gasteiger partial charge < -0.3 is 22.5 Å². The van der Waals surface area contributed by atoms with Crippen molar-refractivity contribution in [2.45, 2.75) is 51.5 Å². The van der Waals surface area contributed by atoms with Crippen LogP contribution < -0.4 is 22.5 Å². The zero-order valence-corrected chi connectivity index (χ0v) is 25.6. The Morgan fingerprint density at radius 1 is 0.756 bits per heavy atom. The molecule has 0 aliphatic rings. The van der Waals surface area contributed by atoms with E-state index in [2.05, 4.69) is 25.3 Å². The number of carbonyl (C=O) groups is 2. The summed E-state index contributed by atoms with van der Waals surface area (Å²) in [4.78, 5) is 38.7. The second kappa shape index (κ2) is 16.2. The number of aromatic nitrogens is 4. The summed E-state index contributed by atoms with van der Waals surface area (Å²) in [5.41, 5.74) is 17.2. The van der Waals surface area contributed by atoms with Crippen LogP contribution in [-0.2, 0) is 21.3 Å². The molecule has 0 aliphatic heterocycles. The molecule has 41 heavy (non-hydrogen) atoms. The highest BCUT2D eigenvalue weighted by molar-refractivity contribution is 6.34. The standard InChI is InChI=1S/C14H17ClN4O.C9H6Cl2N2.C5H12N2O/c1-8(2)12(13(16)20)19-14-9-5-3-4-6-10(9)17-11(7-15)18-14;10-5-8-12-7-4-2-1-3-6(7)9(11)13-8;1-3(2)4(6)5(7)8/h3-6,8,12H,7H2,1-2H3,(H2,16,20)(H,17,18,19);1-4H,5H2;3-4H,6H2,1-2H3,(H2,7,8)/t12-;;4-/m0.0/s1. The number of halogens is 3. The number of anilines is 1. The summed E-state index contributed by atoms with van der Waals surface area (Å²) in [7, 11) is 0. The molecule has 0 bridgehead atoms. The third-order valence-corrected chi connectivity index (χ3v) is 6.57. The predicted molar refractivity (Wildman–Crippen MR) is 167 cm³/mol. The van der Waals surface area contributed by atoms with Crippen LogP contribution in [0.3, 0.4) is 0 Å². The van der Waals surface area contributed by atoms with Gasteiger partial charge in [-0.1, -0.05) is 63.6 Å². The van der Waals surface area contributed by atoms with Crippen molar-refractivity contribution in [2.75, 3.05) is 5.32 Å². The number of nitrogens with one attached hydrogen (secondary N) is 1. The lowest BCUT2D eigenvalue weighted by atomic mass is 10.0. The van der Waals surface area contributed by atoms with E-state index in [0.717, 1.165) is 21.8 Å². The zero-order valence-electron chi connectivity index (χ0n) is 23.3. The fourth-order valence-electron chi connectivity index (χ4n) is 3.48. The van der Waals surface area contributed by atoms with Crippen LogP contribution in [0.15, 0.2) is 48.5 Å². The van der Waals surface area contributed by atoms with Crippen molar-refractivity contribution in [3.63, 3.8) is 0 Å². The van der Waals surface area contributed by atoms with Crippen LogP contribution >= 0.6 is 34.8 Å². The Hall–Kier alpha value is -3.31. The molecule has 2 heterocycles. The first-order valence-electron chi connectivity index (χ1n) is 12.8. The van der Waals surface area contributed by atoms with Crippen molar-refractivity contribution < 1.29 is 9.59 Å². The van der Waals surface area contributed by atoms with Gasteiger partial charge in [-0.25, -0.2) is 19.9 Å². The maximum atomic E-state index is 11.5. The molecule has 0 saturated heterocycles. The second-order valence-corrected chi connectivity index (χ2v) is 10.6. The van der Waals surface area contributed by atoms with Gasteiger partial charge in [0.15, 0.2) is 0 Å². The van der Waals surface area contributed by atoms with Gasteiger partial charge in [-0.3, -0.25) is 9.59 Å². The average Bonchev–Trinajstić information content (AvgIpc) is 2.95. The molecule has 2 amide bonds. The van der Waals surface area contributed by atoms with E-state index in [4.69, 9.17) is 52.0 Å². The number of hydrogen-bond acceptors (Lipinski definition) is 8. The van der Waals surface area contributed by atoms with Gasteiger partial charge in [0.25, 0.3) is 0 Å². The first kappa shape index (κ1) is 33.9. The molecule has 0 unspecified atom stereocenters. The molecular weight excluding hydrogens is 587 g/mol. The number of fused-ring (bicyclic) bond motifs is 2. The molecule has 0 aliphatic carbocycles. The number of alkyl halides is 2. The number of rotatable bonds is 8. The quantitative estimate of drug-likeness (QED) is 0.161. The molecule has 0 fully saturated rings. The molecule has 13 heteroatoms. The SMILES string of the molecule is CC(C)[C@H](N)C(N)=O.CC(C)[C@H](Nc1nc(CCl)nc2ccccc12)C(N)=O.ClCc1nc(Cl)c2ccccc2n1. The summed E-state index contributed by atoms with van der Waals surface area (Å²) < 4.78 is 0. The Bertz CT molecular complexity index is 1470. The van der Waals surface area contributed by atoms with Crippen LogP contribution in [0, 0.1) is 11.8 Å². The van der Waals surface area contributed by atoms with Crippen molar-refractivity contribution in [1.29, 1.82) is 0 Å². The minimum absolute atomic E-state index is 0.0562. The van der Waals surface area contributed by atoms with E-state index in [9.17, 15) is 9.59 Å². The number of hydrogen-bond donors (Lipinski definition) is 4. The highest BCUT2D eigenvalue weighted by Crippen LogP contribution is 2.23. The van der Waals surface area contributed by atoms with Crippen LogP contribution in [0.5, 0.6) is 0 Å². The van der Waals surface area contributed by atoms with E-state index >= 15 is 0 Å². The Balaban J connectivity index is 0.000000240. The van der Waals surface area contributed by atoms with Crippen LogP contribution in [0.2, 0.25) is 5.15 Å². The first-order chi connectivity index (χ1) is 19.4. The molecule has 2 aromatic carbocycles. The minimum Gasteiger partial charge on any atom is -0.368 e. The number of carbonyl (C=O) groups excluding carboxylic acids is 2. The molecule has 4 rings (SSSR count). The monoisotopic (exact) mass is 620 g/mol. The average molecular weight is 622 g/mol. The van der Waals surface area contributed by atoms with E-state index in [0.29, 0.717) is 22.6 Å². The normalized spacial score (nSPS) is 12.2. The van der Waals surface area contributed by atoms with Crippen molar-refractivity contribution >= 4 is 74.2 Å². The van der Waals surface area contributed by atoms with Crippen molar-refractivity contribution in [3.8, 4) is 0 Å². The van der Waals surface area contributed by atoms with E-state index in [-0.39, 0.29) is 23.6 Å². The number of benzene rings is 2. The summed E-state index contributed by atoms with van der Waals surface area (Å²) >= 11 is 17.4. The number of para-hydroxylation sites is 2. The van der Waals surface area contributed by atoms with Gasteiger partial charge >= 0.3 is 0 Å². The number of amides is 2. The molecule has 2 aromatic heterocycles. The summed E-state index contributed by atoms with van der Waals surface area (Å²) in [5.74, 6) is 1.52. The Morgan fingerprint density at radius 2 is 1.24 bits per heavy atom. The molecule has 10 nitrogen and oxygen atoms in total. The van der Waals surface area contributed by atoms with Crippen LogP contribution in [0.25, 0.3) is 21.8 Å². The van der Waals surface area contributed by atoms with Crippen LogP contribution in [0.4, 0.5) is 5.82 Å². The lowest BCUT2D eigenvalue weighted by molar-refractivity contribution is -0.120. The topological polar surface area (TPSA) is 176 Å². The minimum atomic E-state index is -0.491. The van der Waals surface area contributed by atoms with Crippen LogP contribution in [0.1, 0.15) is 39.3 Å². The van der Waals surface area contributed by atoms with E-state index in [1.807, 2.05) is 76.2 Å². The first-order valence-corrected chi connectivity index (χ1v) is 14.2. The van der Waals surface area contributed by atoms with E-state index in [1.165, 1.54) is 0 Å². The molecule has 2 atom stereocenters. The number of nitrogens with two attached hydrogens (primary N) is 3. The van der Waals surface area contributed by atoms with Gasteiger partial charge in [0, 0.05) is 10.8 Å². The summed E-state index contributed by atoms with van der Waals surface area (Å²) in [6.07, 6.45) is 0. The van der Waals surface area contributed by atoms with Gasteiger partial charge in [-0.05, 0) is 36.1 Å². The van der Waals surface area contributed by atoms with E-state index in [1.54, 1.807) is 0 Å². The largest absolute Gasteiger partial charge is 0.368 e. The zero-order chi connectivity index (χ0) is 30.7. The van der Waals surface area contributed by atoms with Crippen molar-refractivity contribution in [1.82, 2.24) is 19.9 Å². The molecule has 7 N–H and O–H groups in total. The maximum absolute atomic E-state index is 11.5. The molecule has 220 valence electrons. The third kappa shape index (κ3) is 9.93. The summed E-state index contributed by atoms with van der Waals surface area (Å²) in [6, 6.07) is 14.2. The number of nitrogens with zero attached hydrogens (tertiary/aromatic N) is 4. The van der Waals surface area contributed by atoms with E-state index < -0.39 is 23.9 Å². The van der Waals surface area contributed by atoms with Crippen molar-refractivity contribution in [2.24, 2.45) is 29.0 Å². The van der Waals surface area contributed by atoms with Gasteiger partial charge in [-0.15, -0.1) is 23.2 Å². The second-order valence-electron chi connectivity index (χ2n) is 9.66. The highest BCUT2D eigenvalue weighted by Gasteiger charge is 2.21. The highest BCUT2D eigenvalue weighted by atomic mass is 35.5. The van der Waals surface area contributed by atoms with Gasteiger partial charge in [0.2, 0.25) is 11.8 Å². The molecule has 0 radical (unpaired) electrons. The fourth-order valence-corrected chi connectivity index (χ4v) is 3.98. The predicted octanol–water partition coefficient (Wildman–Crippen LogP) is 4.77.